The fourth-order valence-corrected chi connectivity index (χ4v) is 3.77. The normalized spacial score (nSPS) is 35.6. The van der Waals surface area contributed by atoms with Crippen molar-refractivity contribution in [2.75, 3.05) is 33.2 Å². The number of fused-ring (bicyclic) bond motifs is 1. The maximum atomic E-state index is 6.14. The smallest absolute Gasteiger partial charge is 0.0496 e. The van der Waals surface area contributed by atoms with E-state index >= 15 is 0 Å². The van der Waals surface area contributed by atoms with E-state index in [-0.39, 0.29) is 5.54 Å². The van der Waals surface area contributed by atoms with Gasteiger partial charge in [0.05, 0.1) is 0 Å². The summed E-state index contributed by atoms with van der Waals surface area (Å²) in [6.07, 6.45) is 6.62. The van der Waals surface area contributed by atoms with Crippen LogP contribution >= 0.6 is 0 Å². The molecule has 3 heteroatoms. The van der Waals surface area contributed by atoms with Crippen LogP contribution in [0.1, 0.15) is 39.0 Å². The first kappa shape index (κ1) is 12.3. The van der Waals surface area contributed by atoms with Crippen LogP contribution < -0.4 is 5.73 Å². The van der Waals surface area contributed by atoms with Crippen LogP contribution in [0.25, 0.3) is 0 Å². The molecule has 2 aliphatic heterocycles. The van der Waals surface area contributed by atoms with Gasteiger partial charge in [-0.1, -0.05) is 13.3 Å². The highest BCUT2D eigenvalue weighted by Gasteiger charge is 2.49. The Morgan fingerprint density at radius 2 is 2.19 bits per heavy atom. The summed E-state index contributed by atoms with van der Waals surface area (Å²) in [6.45, 7) is 6.82. The molecule has 2 rings (SSSR count). The molecule has 0 aliphatic carbocycles. The molecule has 2 N–H and O–H groups in total. The molecule has 94 valence electrons. The number of hydrogen-bond acceptors (Lipinski definition) is 3. The number of likely N-dealkylation sites (N-methyl/N-ethyl adjacent to an activating group) is 1. The van der Waals surface area contributed by atoms with Crippen molar-refractivity contribution < 1.29 is 0 Å². The topological polar surface area (TPSA) is 32.5 Å². The van der Waals surface area contributed by atoms with E-state index in [0.717, 1.165) is 12.6 Å². The van der Waals surface area contributed by atoms with Crippen molar-refractivity contribution in [3.8, 4) is 0 Å². The zero-order valence-electron chi connectivity index (χ0n) is 10.9. The molecule has 0 saturated carbocycles. The quantitative estimate of drug-likeness (QED) is 0.782. The zero-order valence-corrected chi connectivity index (χ0v) is 10.9. The second-order valence-electron chi connectivity index (χ2n) is 5.53. The lowest BCUT2D eigenvalue weighted by Gasteiger charge is -2.46. The molecular weight excluding hydrogens is 198 g/mol. The van der Waals surface area contributed by atoms with Gasteiger partial charge in [-0.05, 0) is 45.8 Å². The number of nitrogens with two attached hydrogens (primary N) is 1. The monoisotopic (exact) mass is 225 g/mol. The van der Waals surface area contributed by atoms with Gasteiger partial charge in [0.25, 0.3) is 0 Å². The summed E-state index contributed by atoms with van der Waals surface area (Å²) in [4.78, 5) is 5.23. The Morgan fingerprint density at radius 3 is 2.88 bits per heavy atom. The van der Waals surface area contributed by atoms with E-state index in [0.29, 0.717) is 0 Å². The van der Waals surface area contributed by atoms with Crippen molar-refractivity contribution in [2.24, 2.45) is 5.73 Å². The van der Waals surface area contributed by atoms with E-state index in [1.807, 2.05) is 0 Å². The van der Waals surface area contributed by atoms with Crippen molar-refractivity contribution in [1.82, 2.24) is 9.80 Å². The van der Waals surface area contributed by atoms with Crippen LogP contribution in [0.4, 0.5) is 0 Å². The molecule has 2 saturated heterocycles. The second-order valence-corrected chi connectivity index (χ2v) is 5.53. The Bertz CT molecular complexity index is 231. The average Bonchev–Trinajstić information content (AvgIpc) is 2.69. The van der Waals surface area contributed by atoms with E-state index in [1.54, 1.807) is 0 Å². The van der Waals surface area contributed by atoms with Crippen LogP contribution in [0.2, 0.25) is 0 Å². The van der Waals surface area contributed by atoms with Gasteiger partial charge in [0, 0.05) is 24.7 Å². The zero-order chi connectivity index (χ0) is 11.6. The van der Waals surface area contributed by atoms with Crippen molar-refractivity contribution in [1.29, 1.82) is 0 Å². The third kappa shape index (κ3) is 1.89. The molecule has 0 aromatic rings. The lowest BCUT2D eigenvalue weighted by Crippen LogP contribution is -2.60. The minimum Gasteiger partial charge on any atom is -0.329 e. The fourth-order valence-electron chi connectivity index (χ4n) is 3.77. The fraction of sp³-hybridized carbons (Fsp3) is 1.00. The molecule has 16 heavy (non-hydrogen) atoms. The molecule has 2 atom stereocenters. The molecule has 2 aliphatic rings. The van der Waals surface area contributed by atoms with Gasteiger partial charge in [0.1, 0.15) is 0 Å². The summed E-state index contributed by atoms with van der Waals surface area (Å²) in [6, 6.07) is 0.725. The molecule has 0 bridgehead atoms. The van der Waals surface area contributed by atoms with E-state index in [1.165, 1.54) is 51.7 Å². The van der Waals surface area contributed by atoms with Gasteiger partial charge in [-0.15, -0.1) is 0 Å². The Hall–Kier alpha value is -0.120. The third-order valence-corrected chi connectivity index (χ3v) is 4.74. The highest BCUT2D eigenvalue weighted by atomic mass is 15.3. The summed E-state index contributed by atoms with van der Waals surface area (Å²) >= 11 is 0. The minimum absolute atomic E-state index is 0.274. The second kappa shape index (κ2) is 5.03. The Labute approximate surface area is 100.0 Å². The molecule has 2 heterocycles. The number of nitrogens with zero attached hydrogens (tertiary/aromatic N) is 2. The van der Waals surface area contributed by atoms with Crippen LogP contribution in [0.5, 0.6) is 0 Å². The first-order valence-corrected chi connectivity index (χ1v) is 6.90. The van der Waals surface area contributed by atoms with Crippen molar-refractivity contribution in [3.05, 3.63) is 0 Å². The van der Waals surface area contributed by atoms with Gasteiger partial charge in [0.15, 0.2) is 0 Å². The summed E-state index contributed by atoms with van der Waals surface area (Å²) in [5, 5.41) is 0. The summed E-state index contributed by atoms with van der Waals surface area (Å²) in [5.41, 5.74) is 6.41. The van der Waals surface area contributed by atoms with E-state index < -0.39 is 0 Å². The van der Waals surface area contributed by atoms with E-state index in [9.17, 15) is 0 Å². The van der Waals surface area contributed by atoms with Gasteiger partial charge >= 0.3 is 0 Å². The van der Waals surface area contributed by atoms with Crippen LogP contribution in [0.15, 0.2) is 0 Å². The molecule has 2 fully saturated rings. The number of rotatable bonds is 4. The molecule has 3 nitrogen and oxygen atoms in total. The van der Waals surface area contributed by atoms with Crippen LogP contribution in [-0.4, -0.2) is 54.6 Å². The lowest BCUT2D eigenvalue weighted by molar-refractivity contribution is 0.0564. The summed E-state index contributed by atoms with van der Waals surface area (Å²) in [5.74, 6) is 0. The predicted octanol–water partition coefficient (Wildman–Crippen LogP) is 1.28. The Kier molecular flexibility index (Phi) is 3.88. The molecule has 0 amide bonds. The standard InChI is InChI=1S/C13H27N3/c1-3-8-15(2)13(11-14)7-10-16-9-5-4-6-12(13)16/h12H,3-11,14H2,1-2H3. The van der Waals surface area contributed by atoms with Crippen LogP contribution in [0, 0.1) is 0 Å². The molecular formula is C13H27N3. The third-order valence-electron chi connectivity index (χ3n) is 4.74. The summed E-state index contributed by atoms with van der Waals surface area (Å²) in [7, 11) is 2.27. The maximum Gasteiger partial charge on any atom is 0.0496 e. The van der Waals surface area contributed by atoms with Gasteiger partial charge in [0.2, 0.25) is 0 Å². The van der Waals surface area contributed by atoms with Gasteiger partial charge in [-0.3, -0.25) is 9.80 Å². The van der Waals surface area contributed by atoms with Crippen LogP contribution in [0.3, 0.4) is 0 Å². The minimum atomic E-state index is 0.274. The maximum absolute atomic E-state index is 6.14. The first-order chi connectivity index (χ1) is 7.74. The average molecular weight is 225 g/mol. The van der Waals surface area contributed by atoms with Gasteiger partial charge in [-0.25, -0.2) is 0 Å². The molecule has 2 unspecified atom stereocenters. The number of piperidine rings is 1. The summed E-state index contributed by atoms with van der Waals surface area (Å²) < 4.78 is 0. The highest BCUT2D eigenvalue weighted by molar-refractivity contribution is 5.07. The number of hydrogen-bond donors (Lipinski definition) is 1. The van der Waals surface area contributed by atoms with Crippen molar-refractivity contribution in [2.45, 2.75) is 50.6 Å². The van der Waals surface area contributed by atoms with E-state index in [4.69, 9.17) is 5.73 Å². The Morgan fingerprint density at radius 1 is 1.38 bits per heavy atom. The Balaban J connectivity index is 2.13. The largest absolute Gasteiger partial charge is 0.329 e. The van der Waals surface area contributed by atoms with Gasteiger partial charge < -0.3 is 5.73 Å². The van der Waals surface area contributed by atoms with Crippen molar-refractivity contribution >= 4 is 0 Å². The predicted molar refractivity (Wildman–Crippen MR) is 68.5 cm³/mol. The molecule has 0 spiro atoms. The molecule has 0 radical (unpaired) electrons. The molecule has 0 aromatic heterocycles. The lowest BCUT2D eigenvalue weighted by atomic mass is 9.84. The highest BCUT2D eigenvalue weighted by Crippen LogP contribution is 2.38. The first-order valence-electron chi connectivity index (χ1n) is 6.90. The molecule has 0 aromatic carbocycles. The SMILES string of the molecule is CCCN(C)C1(CN)CCN2CCCCC21. The van der Waals surface area contributed by atoms with Crippen LogP contribution in [-0.2, 0) is 0 Å². The van der Waals surface area contributed by atoms with E-state index in [2.05, 4.69) is 23.8 Å². The van der Waals surface area contributed by atoms with Gasteiger partial charge in [-0.2, -0.15) is 0 Å². The van der Waals surface area contributed by atoms with Crippen molar-refractivity contribution in [3.63, 3.8) is 0 Å².